The maximum absolute atomic E-state index is 6.55. The SMILES string of the molecule is CCCOCCOc1cc(C(C)c2ccccc2)cc(C(C)c2ccccc2)c1C(C)c1ccccc1. The monoisotopic (exact) mass is 492 g/mol. The van der Waals surface area contributed by atoms with Gasteiger partial charge in [-0.25, -0.2) is 0 Å². The van der Waals surface area contributed by atoms with Gasteiger partial charge in [-0.15, -0.1) is 0 Å². The average molecular weight is 493 g/mol. The summed E-state index contributed by atoms with van der Waals surface area (Å²) in [5.41, 5.74) is 7.78. The van der Waals surface area contributed by atoms with Gasteiger partial charge in [0.2, 0.25) is 0 Å². The molecule has 4 aromatic carbocycles. The van der Waals surface area contributed by atoms with Crippen molar-refractivity contribution in [2.45, 2.75) is 51.9 Å². The molecule has 192 valence electrons. The van der Waals surface area contributed by atoms with E-state index in [1.807, 2.05) is 0 Å². The zero-order valence-electron chi connectivity index (χ0n) is 22.7. The molecule has 0 amide bonds. The second kappa shape index (κ2) is 13.3. The zero-order chi connectivity index (χ0) is 26.0. The van der Waals surface area contributed by atoms with E-state index in [2.05, 4.69) is 131 Å². The lowest BCUT2D eigenvalue weighted by Crippen LogP contribution is -2.13. The third kappa shape index (κ3) is 6.70. The molecule has 0 aliphatic rings. The summed E-state index contributed by atoms with van der Waals surface area (Å²) >= 11 is 0. The van der Waals surface area contributed by atoms with Crippen LogP contribution in [-0.2, 0) is 4.74 Å². The Hall–Kier alpha value is -3.36. The molecule has 0 N–H and O–H groups in total. The minimum atomic E-state index is 0.190. The number of rotatable bonds is 12. The molecule has 3 unspecified atom stereocenters. The average Bonchev–Trinajstić information content (AvgIpc) is 2.97. The zero-order valence-corrected chi connectivity index (χ0v) is 22.7. The number of ether oxygens (including phenoxy) is 2. The Labute approximate surface area is 223 Å². The molecule has 0 bridgehead atoms. The van der Waals surface area contributed by atoms with E-state index in [0.717, 1.165) is 18.8 Å². The van der Waals surface area contributed by atoms with Crippen LogP contribution in [0.2, 0.25) is 0 Å². The van der Waals surface area contributed by atoms with Gasteiger partial charge in [0.1, 0.15) is 12.4 Å². The van der Waals surface area contributed by atoms with Crippen molar-refractivity contribution in [3.8, 4) is 5.75 Å². The number of hydrogen-bond acceptors (Lipinski definition) is 2. The molecule has 37 heavy (non-hydrogen) atoms. The number of hydrogen-bond donors (Lipinski definition) is 0. The van der Waals surface area contributed by atoms with Gasteiger partial charge in [0.15, 0.2) is 0 Å². The van der Waals surface area contributed by atoms with Crippen molar-refractivity contribution in [1.29, 1.82) is 0 Å². The van der Waals surface area contributed by atoms with Crippen LogP contribution in [-0.4, -0.2) is 19.8 Å². The highest BCUT2D eigenvalue weighted by molar-refractivity contribution is 5.54. The van der Waals surface area contributed by atoms with Crippen LogP contribution in [0.1, 0.15) is 85.3 Å². The van der Waals surface area contributed by atoms with Gasteiger partial charge >= 0.3 is 0 Å². The van der Waals surface area contributed by atoms with Crippen molar-refractivity contribution < 1.29 is 9.47 Å². The highest BCUT2D eigenvalue weighted by Gasteiger charge is 2.25. The molecule has 0 saturated carbocycles. The van der Waals surface area contributed by atoms with Crippen molar-refractivity contribution in [2.75, 3.05) is 19.8 Å². The van der Waals surface area contributed by atoms with Crippen molar-refractivity contribution in [3.63, 3.8) is 0 Å². The molecule has 0 spiro atoms. The summed E-state index contributed by atoms with van der Waals surface area (Å²) in [5, 5.41) is 0. The highest BCUT2D eigenvalue weighted by Crippen LogP contribution is 2.42. The van der Waals surface area contributed by atoms with E-state index in [4.69, 9.17) is 9.47 Å². The predicted octanol–water partition coefficient (Wildman–Crippen LogP) is 8.95. The quantitative estimate of drug-likeness (QED) is 0.184. The van der Waals surface area contributed by atoms with Crippen LogP contribution in [0, 0.1) is 0 Å². The van der Waals surface area contributed by atoms with Crippen molar-refractivity contribution in [3.05, 3.63) is 137 Å². The summed E-state index contributed by atoms with van der Waals surface area (Å²) in [6, 6.07) is 37.0. The first-order chi connectivity index (χ1) is 18.1. The van der Waals surface area contributed by atoms with Gasteiger partial charge in [-0.3, -0.25) is 0 Å². The fourth-order valence-electron chi connectivity index (χ4n) is 5.08. The lowest BCUT2D eigenvalue weighted by Gasteiger charge is -2.27. The van der Waals surface area contributed by atoms with E-state index < -0.39 is 0 Å². The Balaban J connectivity index is 1.84. The van der Waals surface area contributed by atoms with Gasteiger partial charge in [0.25, 0.3) is 0 Å². The molecular weight excluding hydrogens is 452 g/mol. The fraction of sp³-hybridized carbons (Fsp3) is 0.314. The second-order valence-electron chi connectivity index (χ2n) is 9.88. The van der Waals surface area contributed by atoms with Gasteiger partial charge in [0, 0.05) is 29.9 Å². The molecule has 0 radical (unpaired) electrons. The number of benzene rings is 4. The Bertz CT molecular complexity index is 1220. The second-order valence-corrected chi connectivity index (χ2v) is 9.88. The van der Waals surface area contributed by atoms with E-state index >= 15 is 0 Å². The van der Waals surface area contributed by atoms with Gasteiger partial charge in [-0.1, -0.05) is 125 Å². The van der Waals surface area contributed by atoms with Gasteiger partial charge in [-0.2, -0.15) is 0 Å². The lowest BCUT2D eigenvalue weighted by atomic mass is 9.79. The largest absolute Gasteiger partial charge is 0.491 e. The Morgan fingerprint density at radius 2 is 1.05 bits per heavy atom. The minimum absolute atomic E-state index is 0.190. The van der Waals surface area contributed by atoms with Crippen LogP contribution < -0.4 is 4.74 Å². The molecule has 2 nitrogen and oxygen atoms in total. The van der Waals surface area contributed by atoms with E-state index in [1.54, 1.807) is 0 Å². The molecule has 3 atom stereocenters. The molecule has 4 aromatic rings. The summed E-state index contributed by atoms with van der Waals surface area (Å²) in [6.45, 7) is 10.9. The summed E-state index contributed by atoms with van der Waals surface area (Å²) in [5.74, 6) is 1.64. The Morgan fingerprint density at radius 1 is 0.541 bits per heavy atom. The summed E-state index contributed by atoms with van der Waals surface area (Å²) in [6.07, 6.45) is 1.01. The lowest BCUT2D eigenvalue weighted by molar-refractivity contribution is 0.100. The fourth-order valence-corrected chi connectivity index (χ4v) is 5.08. The summed E-state index contributed by atoms with van der Waals surface area (Å²) in [4.78, 5) is 0. The topological polar surface area (TPSA) is 18.5 Å². The van der Waals surface area contributed by atoms with E-state index in [-0.39, 0.29) is 17.8 Å². The van der Waals surface area contributed by atoms with Crippen molar-refractivity contribution >= 4 is 0 Å². The molecule has 4 rings (SSSR count). The maximum Gasteiger partial charge on any atom is 0.123 e. The molecule has 0 heterocycles. The third-order valence-electron chi connectivity index (χ3n) is 7.33. The van der Waals surface area contributed by atoms with Crippen LogP contribution >= 0.6 is 0 Å². The normalized spacial score (nSPS) is 13.6. The smallest absolute Gasteiger partial charge is 0.123 e. The summed E-state index contributed by atoms with van der Waals surface area (Å²) < 4.78 is 12.3. The molecule has 0 fully saturated rings. The molecular formula is C35H40O2. The standard InChI is InChI=1S/C35H40O2/c1-5-21-36-22-23-37-34-25-32(26(2)29-15-9-6-10-16-29)24-33(27(3)30-17-11-7-12-18-30)35(34)28(4)31-19-13-8-14-20-31/h6-20,24-28H,5,21-23H2,1-4H3. The van der Waals surface area contributed by atoms with Crippen molar-refractivity contribution in [2.24, 2.45) is 0 Å². The van der Waals surface area contributed by atoms with E-state index in [1.165, 1.54) is 33.4 Å². The minimum Gasteiger partial charge on any atom is -0.491 e. The van der Waals surface area contributed by atoms with Gasteiger partial charge < -0.3 is 9.47 Å². The molecule has 2 heteroatoms. The molecule has 0 aliphatic carbocycles. The van der Waals surface area contributed by atoms with Gasteiger partial charge in [-0.05, 0) is 40.3 Å². The first-order valence-electron chi connectivity index (χ1n) is 13.6. The first-order valence-corrected chi connectivity index (χ1v) is 13.6. The van der Waals surface area contributed by atoms with Crippen LogP contribution in [0.4, 0.5) is 0 Å². The third-order valence-corrected chi connectivity index (χ3v) is 7.33. The van der Waals surface area contributed by atoms with Crippen LogP contribution in [0.15, 0.2) is 103 Å². The Kier molecular flexibility index (Phi) is 9.57. The predicted molar refractivity (Wildman–Crippen MR) is 155 cm³/mol. The molecule has 0 saturated heterocycles. The van der Waals surface area contributed by atoms with Crippen LogP contribution in [0.25, 0.3) is 0 Å². The molecule has 0 aromatic heterocycles. The van der Waals surface area contributed by atoms with E-state index in [9.17, 15) is 0 Å². The van der Waals surface area contributed by atoms with E-state index in [0.29, 0.717) is 13.2 Å². The maximum atomic E-state index is 6.55. The highest BCUT2D eigenvalue weighted by atomic mass is 16.5. The van der Waals surface area contributed by atoms with Gasteiger partial charge in [0.05, 0.1) is 6.61 Å². The first kappa shape index (κ1) is 26.7. The van der Waals surface area contributed by atoms with Crippen LogP contribution in [0.5, 0.6) is 5.75 Å². The van der Waals surface area contributed by atoms with Crippen LogP contribution in [0.3, 0.4) is 0 Å². The summed E-state index contributed by atoms with van der Waals surface area (Å²) in [7, 11) is 0. The van der Waals surface area contributed by atoms with Crippen molar-refractivity contribution in [1.82, 2.24) is 0 Å². The molecule has 0 aliphatic heterocycles. The Morgan fingerprint density at radius 3 is 1.59 bits per heavy atom.